The molecule has 0 amide bonds. The van der Waals surface area contributed by atoms with Crippen molar-refractivity contribution in [2.75, 3.05) is 7.11 Å². The summed E-state index contributed by atoms with van der Waals surface area (Å²) in [5.74, 6) is -2.98. The van der Waals surface area contributed by atoms with Crippen LogP contribution in [0.5, 0.6) is 5.75 Å². The number of ether oxygens (including phenoxy) is 4. The van der Waals surface area contributed by atoms with Gasteiger partial charge in [-0.15, -0.1) is 0 Å². The van der Waals surface area contributed by atoms with Crippen molar-refractivity contribution in [3.8, 4) is 5.75 Å². The van der Waals surface area contributed by atoms with E-state index >= 15 is 0 Å². The maximum atomic E-state index is 13.3. The van der Waals surface area contributed by atoms with E-state index in [1.54, 1.807) is 38.1 Å². The molecular weight excluding hydrogens is 590 g/mol. The Labute approximate surface area is 259 Å². The first-order valence-electron chi connectivity index (χ1n) is 14.4. The van der Waals surface area contributed by atoms with Crippen molar-refractivity contribution < 1.29 is 52.5 Å². The predicted molar refractivity (Wildman–Crippen MR) is 157 cm³/mol. The van der Waals surface area contributed by atoms with Gasteiger partial charge in [-0.25, -0.2) is 9.63 Å². The molecule has 0 saturated carbocycles. The third-order valence-electron chi connectivity index (χ3n) is 7.33. The van der Waals surface area contributed by atoms with Gasteiger partial charge in [-0.1, -0.05) is 47.7 Å². The zero-order valence-electron chi connectivity index (χ0n) is 25.8. The Morgan fingerprint density at radius 3 is 2.09 bits per heavy atom. The number of carbonyl (C=O) groups is 3. The highest BCUT2D eigenvalue weighted by molar-refractivity contribution is 5.84. The second kappa shape index (κ2) is 14.7. The van der Waals surface area contributed by atoms with Crippen LogP contribution in [0.2, 0.25) is 0 Å². The maximum absolute atomic E-state index is 13.3. The van der Waals surface area contributed by atoms with Crippen molar-refractivity contribution in [3.05, 3.63) is 76.1 Å². The molecule has 2 aromatic carbocycles. The van der Waals surface area contributed by atoms with Gasteiger partial charge >= 0.3 is 23.5 Å². The van der Waals surface area contributed by atoms with E-state index in [2.05, 4.69) is 0 Å². The van der Waals surface area contributed by atoms with E-state index in [0.717, 1.165) is 24.6 Å². The molecule has 1 aromatic heterocycles. The molecule has 2 heterocycles. The van der Waals surface area contributed by atoms with Gasteiger partial charge < -0.3 is 28.5 Å². The molecule has 0 spiro atoms. The van der Waals surface area contributed by atoms with Crippen LogP contribution < -0.4 is 5.63 Å². The molecule has 1 saturated heterocycles. The molecule has 13 nitrogen and oxygen atoms in total. The minimum absolute atomic E-state index is 0.0577. The Balaban J connectivity index is 1.67. The third-order valence-corrected chi connectivity index (χ3v) is 7.33. The van der Waals surface area contributed by atoms with Gasteiger partial charge in [0.1, 0.15) is 11.3 Å². The Bertz CT molecular complexity index is 1560. The van der Waals surface area contributed by atoms with Crippen molar-refractivity contribution in [3.63, 3.8) is 0 Å². The summed E-state index contributed by atoms with van der Waals surface area (Å²) in [5.41, 5.74) is 0.331. The Kier molecular flexibility index (Phi) is 10.9. The summed E-state index contributed by atoms with van der Waals surface area (Å²) in [6.07, 6.45) is -5.82. The van der Waals surface area contributed by atoms with Gasteiger partial charge in [0.05, 0.1) is 30.2 Å². The normalized spacial score (nSPS) is 22.9. The number of hydrogen-bond donors (Lipinski definition) is 1. The lowest BCUT2D eigenvalue weighted by Gasteiger charge is -2.44. The largest absolute Gasteiger partial charge is 0.507 e. The van der Waals surface area contributed by atoms with Gasteiger partial charge in [0, 0.05) is 26.7 Å². The van der Waals surface area contributed by atoms with Crippen LogP contribution in [0, 0.1) is 0 Å². The van der Waals surface area contributed by atoms with Crippen LogP contribution in [-0.2, 0) is 43.0 Å². The number of para-hydroxylation sites is 1. The molecule has 4 rings (SSSR count). The van der Waals surface area contributed by atoms with Crippen molar-refractivity contribution in [2.24, 2.45) is 0 Å². The fourth-order valence-electron chi connectivity index (χ4n) is 5.47. The molecule has 0 bridgehead atoms. The number of carbonyl (C=O) groups excluding carboxylic acids is 3. The summed E-state index contributed by atoms with van der Waals surface area (Å²) >= 11 is 0. The fourth-order valence-corrected chi connectivity index (χ4v) is 5.47. The van der Waals surface area contributed by atoms with Crippen LogP contribution in [0.1, 0.15) is 58.1 Å². The molecule has 45 heavy (non-hydrogen) atoms. The number of hydroxylamine groups is 2. The quantitative estimate of drug-likeness (QED) is 0.142. The number of aromatic hydroxyl groups is 1. The number of rotatable bonds is 11. The number of fused-ring (bicyclic) bond motifs is 1. The second-order valence-corrected chi connectivity index (χ2v) is 10.7. The van der Waals surface area contributed by atoms with E-state index in [1.165, 1.54) is 14.0 Å². The smallest absolute Gasteiger partial charge is 0.343 e. The summed E-state index contributed by atoms with van der Waals surface area (Å²) in [7, 11) is 1.34. The zero-order valence-corrected chi connectivity index (χ0v) is 25.8. The van der Waals surface area contributed by atoms with Crippen molar-refractivity contribution in [2.45, 2.75) is 83.7 Å². The highest BCUT2D eigenvalue weighted by Gasteiger charge is 2.52. The van der Waals surface area contributed by atoms with Crippen molar-refractivity contribution in [1.82, 2.24) is 5.23 Å². The topological polar surface area (TPSA) is 160 Å². The van der Waals surface area contributed by atoms with E-state index in [9.17, 15) is 24.3 Å². The molecule has 13 heteroatoms. The first-order chi connectivity index (χ1) is 21.4. The Hall–Kier alpha value is -4.30. The lowest BCUT2D eigenvalue weighted by Crippen LogP contribution is -2.62. The fraction of sp³-hybridized carbons (Fsp3) is 0.438. The van der Waals surface area contributed by atoms with Crippen LogP contribution in [-0.4, -0.2) is 72.1 Å². The van der Waals surface area contributed by atoms with E-state index in [0.29, 0.717) is 5.39 Å². The molecule has 7 atom stereocenters. The Morgan fingerprint density at radius 1 is 0.889 bits per heavy atom. The molecule has 0 radical (unpaired) electrons. The molecule has 242 valence electrons. The van der Waals surface area contributed by atoms with Crippen LogP contribution in [0.4, 0.5) is 0 Å². The molecule has 3 aromatic rings. The van der Waals surface area contributed by atoms with Gasteiger partial charge in [-0.3, -0.25) is 19.2 Å². The van der Waals surface area contributed by atoms with Crippen LogP contribution in [0.3, 0.4) is 0 Å². The highest BCUT2D eigenvalue weighted by Crippen LogP contribution is 2.38. The summed E-state index contributed by atoms with van der Waals surface area (Å²) in [5, 5.41) is 12.8. The first-order valence-corrected chi connectivity index (χ1v) is 14.4. The summed E-state index contributed by atoms with van der Waals surface area (Å²) in [6, 6.07) is 15.2. The minimum Gasteiger partial charge on any atom is -0.507 e. The summed E-state index contributed by atoms with van der Waals surface area (Å²) < 4.78 is 27.8. The predicted octanol–water partition coefficient (Wildman–Crippen LogP) is 3.74. The molecular formula is C32H37NO12. The maximum Gasteiger partial charge on any atom is 0.343 e. The van der Waals surface area contributed by atoms with Crippen molar-refractivity contribution >= 4 is 28.9 Å². The number of nitrogens with zero attached hydrogens (tertiary/aromatic N) is 1. The minimum atomic E-state index is -1.38. The lowest BCUT2D eigenvalue weighted by atomic mass is 9.86. The lowest BCUT2D eigenvalue weighted by molar-refractivity contribution is -0.451. The number of hydrogen-bond acceptors (Lipinski definition) is 13. The van der Waals surface area contributed by atoms with Gasteiger partial charge in [0.2, 0.25) is 6.29 Å². The molecule has 1 aliphatic heterocycles. The standard InChI is InChI=1S/C32H37NO12/c1-17(16-24(22-12-8-7-9-13-22)26-27(37)23-14-10-11-15-25(23)44-31(26)38)33(39-6)45-32-30(43-21(5)36)29(42-20(4)35)28(18(2)40-32)41-19(3)34/h7-15,17-18,24,28-30,32,37H,16H2,1-6H3/t17?,18-,24?,28-,29+,30+,32?/m0/s1. The monoisotopic (exact) mass is 627 g/mol. The van der Waals surface area contributed by atoms with E-state index in [-0.39, 0.29) is 23.3 Å². The van der Waals surface area contributed by atoms with Gasteiger partial charge in [0.15, 0.2) is 18.3 Å². The van der Waals surface area contributed by atoms with Crippen LogP contribution in [0.15, 0.2) is 63.8 Å². The molecule has 3 unspecified atom stereocenters. The molecule has 1 fully saturated rings. The van der Waals surface area contributed by atoms with Crippen LogP contribution >= 0.6 is 0 Å². The van der Waals surface area contributed by atoms with E-state index < -0.39 is 66.2 Å². The summed E-state index contributed by atoms with van der Waals surface area (Å²) in [4.78, 5) is 60.9. The molecule has 0 aliphatic carbocycles. The second-order valence-electron chi connectivity index (χ2n) is 10.7. The zero-order chi connectivity index (χ0) is 32.8. The van der Waals surface area contributed by atoms with Crippen LogP contribution in [0.25, 0.3) is 11.0 Å². The van der Waals surface area contributed by atoms with Crippen molar-refractivity contribution in [1.29, 1.82) is 0 Å². The average molecular weight is 628 g/mol. The van der Waals surface area contributed by atoms with E-state index in [1.807, 2.05) is 30.3 Å². The van der Waals surface area contributed by atoms with Gasteiger partial charge in [-0.05, 0) is 38.0 Å². The average Bonchev–Trinajstić information content (AvgIpc) is 2.98. The van der Waals surface area contributed by atoms with Gasteiger partial charge in [0.25, 0.3) is 0 Å². The number of benzene rings is 2. The first kappa shape index (κ1) is 33.6. The molecule has 1 aliphatic rings. The SMILES string of the molecule is CON(OC1O[C@@H](C)[C@H](OC(C)=O)[C@@H](OC(C)=O)[C@H]1OC(C)=O)C(C)CC(c1ccccc1)c1c(O)c2ccccc2oc1=O. The highest BCUT2D eigenvalue weighted by atomic mass is 17.0. The summed E-state index contributed by atoms with van der Waals surface area (Å²) in [6.45, 7) is 6.84. The number of esters is 3. The Morgan fingerprint density at radius 2 is 1.47 bits per heavy atom. The van der Waals surface area contributed by atoms with Gasteiger partial charge in [-0.2, -0.15) is 0 Å². The third kappa shape index (κ3) is 7.87. The van der Waals surface area contributed by atoms with E-state index in [4.69, 9.17) is 33.0 Å². The molecule has 1 N–H and O–H groups in total.